The van der Waals surface area contributed by atoms with E-state index in [4.69, 9.17) is 5.73 Å². The number of rotatable bonds is 5. The summed E-state index contributed by atoms with van der Waals surface area (Å²) in [5.41, 5.74) is 7.84. The minimum Gasteiger partial charge on any atom is -0.399 e. The maximum atomic E-state index is 5.66. The van der Waals surface area contributed by atoms with E-state index in [0.717, 1.165) is 18.8 Å². The Labute approximate surface area is 93.1 Å². The van der Waals surface area contributed by atoms with Crippen molar-refractivity contribution in [3.05, 3.63) is 29.8 Å². The zero-order chi connectivity index (χ0) is 11.3. The lowest BCUT2D eigenvalue weighted by Crippen LogP contribution is -2.31. The monoisotopic (exact) mass is 206 g/mol. The van der Waals surface area contributed by atoms with Crippen LogP contribution in [0.1, 0.15) is 32.8 Å². The lowest BCUT2D eigenvalue weighted by Gasteiger charge is -2.26. The molecule has 1 rings (SSSR count). The highest BCUT2D eigenvalue weighted by Crippen LogP contribution is 2.11. The fourth-order valence-electron chi connectivity index (χ4n) is 1.70. The molecule has 0 saturated heterocycles. The Kier molecular flexibility index (Phi) is 4.63. The second-order valence-corrected chi connectivity index (χ2v) is 4.06. The fraction of sp³-hybridized carbons (Fsp3) is 0.538. The number of nitrogens with two attached hydrogens (primary N) is 1. The molecule has 1 atom stereocenters. The Morgan fingerprint density at radius 3 is 2.27 bits per heavy atom. The number of anilines is 1. The van der Waals surface area contributed by atoms with Gasteiger partial charge in [0, 0.05) is 18.3 Å². The van der Waals surface area contributed by atoms with Crippen LogP contribution in [0.25, 0.3) is 0 Å². The zero-order valence-corrected chi connectivity index (χ0v) is 10.0. The Morgan fingerprint density at radius 2 is 1.80 bits per heavy atom. The molecule has 1 unspecified atom stereocenters. The summed E-state index contributed by atoms with van der Waals surface area (Å²) in [5.74, 6) is 0. The third-order valence-electron chi connectivity index (χ3n) is 2.99. The van der Waals surface area contributed by atoms with Gasteiger partial charge in [0.25, 0.3) is 0 Å². The van der Waals surface area contributed by atoms with Crippen LogP contribution in [0.2, 0.25) is 0 Å². The molecule has 0 aliphatic heterocycles. The highest BCUT2D eigenvalue weighted by atomic mass is 15.1. The highest BCUT2D eigenvalue weighted by molar-refractivity contribution is 5.39. The molecular formula is C13H22N2. The van der Waals surface area contributed by atoms with Crippen LogP contribution in [0.5, 0.6) is 0 Å². The predicted octanol–water partition coefficient (Wildman–Crippen LogP) is 2.89. The van der Waals surface area contributed by atoms with Gasteiger partial charge in [0.15, 0.2) is 0 Å². The van der Waals surface area contributed by atoms with Gasteiger partial charge in [0.05, 0.1) is 0 Å². The van der Waals surface area contributed by atoms with E-state index in [-0.39, 0.29) is 0 Å². The standard InChI is InChI=1S/C13H22N2/c1-4-11(3)15(5-2)10-12-6-8-13(14)9-7-12/h6-9,11H,4-5,10,14H2,1-3H3. The minimum atomic E-state index is 0.646. The molecular weight excluding hydrogens is 184 g/mol. The van der Waals surface area contributed by atoms with Crippen LogP contribution in [0.15, 0.2) is 24.3 Å². The number of hydrogen-bond acceptors (Lipinski definition) is 2. The van der Waals surface area contributed by atoms with Crippen molar-refractivity contribution in [3.63, 3.8) is 0 Å². The molecule has 15 heavy (non-hydrogen) atoms. The number of nitrogens with zero attached hydrogens (tertiary/aromatic N) is 1. The van der Waals surface area contributed by atoms with Crippen LogP contribution in [0, 0.1) is 0 Å². The van der Waals surface area contributed by atoms with E-state index in [1.165, 1.54) is 12.0 Å². The summed E-state index contributed by atoms with van der Waals surface area (Å²) in [7, 11) is 0. The molecule has 1 aromatic rings. The molecule has 0 aliphatic carbocycles. The van der Waals surface area contributed by atoms with Crippen molar-refractivity contribution < 1.29 is 0 Å². The second kappa shape index (κ2) is 5.76. The first-order chi connectivity index (χ1) is 7.17. The van der Waals surface area contributed by atoms with Crippen molar-refractivity contribution in [2.75, 3.05) is 12.3 Å². The van der Waals surface area contributed by atoms with Crippen molar-refractivity contribution in [3.8, 4) is 0 Å². The Morgan fingerprint density at radius 1 is 1.20 bits per heavy atom. The molecule has 2 nitrogen and oxygen atoms in total. The summed E-state index contributed by atoms with van der Waals surface area (Å²) in [6, 6.07) is 8.81. The molecule has 2 heteroatoms. The summed E-state index contributed by atoms with van der Waals surface area (Å²) in [6.07, 6.45) is 1.20. The van der Waals surface area contributed by atoms with Gasteiger partial charge in [0.2, 0.25) is 0 Å². The van der Waals surface area contributed by atoms with Gasteiger partial charge in [-0.1, -0.05) is 26.0 Å². The largest absolute Gasteiger partial charge is 0.399 e. The maximum Gasteiger partial charge on any atom is 0.0314 e. The molecule has 0 saturated carbocycles. The number of nitrogen functional groups attached to an aromatic ring is 1. The first-order valence-electron chi connectivity index (χ1n) is 5.75. The SMILES string of the molecule is CCC(C)N(CC)Cc1ccc(N)cc1. The lowest BCUT2D eigenvalue weighted by molar-refractivity contribution is 0.206. The van der Waals surface area contributed by atoms with Crippen molar-refractivity contribution in [2.45, 2.75) is 39.8 Å². The average molecular weight is 206 g/mol. The lowest BCUT2D eigenvalue weighted by atomic mass is 10.1. The molecule has 0 radical (unpaired) electrons. The van der Waals surface area contributed by atoms with Gasteiger partial charge in [-0.3, -0.25) is 4.90 Å². The molecule has 0 aromatic heterocycles. The first kappa shape index (κ1) is 12.1. The molecule has 1 aromatic carbocycles. The smallest absolute Gasteiger partial charge is 0.0314 e. The van der Waals surface area contributed by atoms with Gasteiger partial charge in [-0.25, -0.2) is 0 Å². The van der Waals surface area contributed by atoms with Gasteiger partial charge in [-0.05, 0) is 37.6 Å². The van der Waals surface area contributed by atoms with Gasteiger partial charge in [0.1, 0.15) is 0 Å². The molecule has 2 N–H and O–H groups in total. The van der Waals surface area contributed by atoms with Gasteiger partial charge in [-0.2, -0.15) is 0 Å². The van der Waals surface area contributed by atoms with Crippen LogP contribution in [0.4, 0.5) is 5.69 Å². The molecule has 0 aliphatic rings. The summed E-state index contributed by atoms with van der Waals surface area (Å²) in [6.45, 7) is 8.84. The van der Waals surface area contributed by atoms with Gasteiger partial charge in [-0.15, -0.1) is 0 Å². The van der Waals surface area contributed by atoms with Crippen molar-refractivity contribution in [1.82, 2.24) is 4.90 Å². The van der Waals surface area contributed by atoms with Gasteiger partial charge < -0.3 is 5.73 Å². The maximum absolute atomic E-state index is 5.66. The van der Waals surface area contributed by atoms with Crippen molar-refractivity contribution in [2.24, 2.45) is 0 Å². The quantitative estimate of drug-likeness (QED) is 0.751. The van der Waals surface area contributed by atoms with Gasteiger partial charge >= 0.3 is 0 Å². The van der Waals surface area contributed by atoms with E-state index in [9.17, 15) is 0 Å². The fourth-order valence-corrected chi connectivity index (χ4v) is 1.70. The molecule has 0 fully saturated rings. The van der Waals surface area contributed by atoms with E-state index < -0.39 is 0 Å². The highest BCUT2D eigenvalue weighted by Gasteiger charge is 2.09. The normalized spacial score (nSPS) is 13.1. The molecule has 0 spiro atoms. The molecule has 0 bridgehead atoms. The van der Waals surface area contributed by atoms with E-state index in [1.807, 2.05) is 12.1 Å². The zero-order valence-electron chi connectivity index (χ0n) is 10.0. The van der Waals surface area contributed by atoms with Crippen LogP contribution in [0.3, 0.4) is 0 Å². The average Bonchev–Trinajstić information content (AvgIpc) is 2.27. The summed E-state index contributed by atoms with van der Waals surface area (Å²) < 4.78 is 0. The predicted molar refractivity (Wildman–Crippen MR) is 66.7 cm³/mol. The van der Waals surface area contributed by atoms with E-state index >= 15 is 0 Å². The topological polar surface area (TPSA) is 29.3 Å². The minimum absolute atomic E-state index is 0.646. The van der Waals surface area contributed by atoms with Crippen LogP contribution >= 0.6 is 0 Å². The first-order valence-corrected chi connectivity index (χ1v) is 5.75. The molecule has 84 valence electrons. The molecule has 0 amide bonds. The Balaban J connectivity index is 2.62. The van der Waals surface area contributed by atoms with Crippen molar-refractivity contribution >= 4 is 5.69 Å². The van der Waals surface area contributed by atoms with Crippen LogP contribution in [-0.4, -0.2) is 17.5 Å². The second-order valence-electron chi connectivity index (χ2n) is 4.06. The Bertz CT molecular complexity index is 279. The number of benzene rings is 1. The Hall–Kier alpha value is -1.02. The number of hydrogen-bond donors (Lipinski definition) is 1. The summed E-state index contributed by atoms with van der Waals surface area (Å²) in [4.78, 5) is 2.48. The third-order valence-corrected chi connectivity index (χ3v) is 2.99. The van der Waals surface area contributed by atoms with E-state index in [1.54, 1.807) is 0 Å². The van der Waals surface area contributed by atoms with E-state index in [0.29, 0.717) is 6.04 Å². The summed E-state index contributed by atoms with van der Waals surface area (Å²) in [5, 5.41) is 0. The van der Waals surface area contributed by atoms with E-state index in [2.05, 4.69) is 37.8 Å². The van der Waals surface area contributed by atoms with Crippen LogP contribution < -0.4 is 5.73 Å². The van der Waals surface area contributed by atoms with Crippen molar-refractivity contribution in [1.29, 1.82) is 0 Å². The molecule has 0 heterocycles. The van der Waals surface area contributed by atoms with Crippen LogP contribution in [-0.2, 0) is 6.54 Å². The third kappa shape index (κ3) is 3.56. The summed E-state index contributed by atoms with van der Waals surface area (Å²) >= 11 is 0.